The molecular weight excluding hydrogens is 259 g/mol. The fourth-order valence-electron chi connectivity index (χ4n) is 2.16. The number of nitrogens with zero attached hydrogens (tertiary/aromatic N) is 4. The molecule has 0 saturated carbocycles. The maximum atomic E-state index is 12.7. The predicted octanol–water partition coefficient (Wildman–Crippen LogP) is 1.24. The molecule has 2 N–H and O–H groups in total. The molecule has 1 unspecified atom stereocenters. The molecule has 0 saturated heterocycles. The lowest BCUT2D eigenvalue weighted by molar-refractivity contribution is -0.148. The zero-order valence-corrected chi connectivity index (χ0v) is 10.8. The molecule has 0 amide bonds. The molecule has 0 bridgehead atoms. The molecule has 1 aromatic heterocycles. The molecule has 0 spiro atoms. The highest BCUT2D eigenvalue weighted by molar-refractivity contribution is 5.02. The van der Waals surface area contributed by atoms with Gasteiger partial charge in [-0.2, -0.15) is 13.2 Å². The molecule has 108 valence electrons. The number of hydrogen-bond acceptors (Lipinski definition) is 4. The number of rotatable bonds is 4. The number of fused-ring (bicyclic) bond motifs is 1. The molecule has 0 aromatic carbocycles. The first-order valence-corrected chi connectivity index (χ1v) is 6.39. The summed E-state index contributed by atoms with van der Waals surface area (Å²) in [6, 6.07) is 0.144. The molecule has 0 fully saturated rings. The third kappa shape index (κ3) is 3.24. The average Bonchev–Trinajstić information content (AvgIpc) is 2.78. The summed E-state index contributed by atoms with van der Waals surface area (Å²) in [5, 5.41) is 6.89. The van der Waals surface area contributed by atoms with Crippen LogP contribution in [0.5, 0.6) is 0 Å². The van der Waals surface area contributed by atoms with Crippen molar-refractivity contribution in [1.29, 1.82) is 0 Å². The van der Waals surface area contributed by atoms with Crippen LogP contribution in [0.15, 0.2) is 0 Å². The highest BCUT2D eigenvalue weighted by Crippen LogP contribution is 2.29. The van der Waals surface area contributed by atoms with E-state index in [1.807, 2.05) is 6.92 Å². The Kier molecular flexibility index (Phi) is 4.10. The summed E-state index contributed by atoms with van der Waals surface area (Å²) in [6.45, 7) is 4.05. The number of nitrogens with two attached hydrogens (primary N) is 1. The SMILES string of the molecule is CCC(N)CCN1CCn2c(nnc2C(F)(F)F)C1. The lowest BCUT2D eigenvalue weighted by atomic mass is 10.1. The minimum absolute atomic E-state index is 0.144. The van der Waals surface area contributed by atoms with Gasteiger partial charge in [0.1, 0.15) is 5.82 Å². The molecule has 8 heteroatoms. The van der Waals surface area contributed by atoms with Gasteiger partial charge in [-0.25, -0.2) is 0 Å². The van der Waals surface area contributed by atoms with Gasteiger partial charge in [0.25, 0.3) is 0 Å². The Balaban J connectivity index is 2.00. The van der Waals surface area contributed by atoms with Crippen molar-refractivity contribution in [1.82, 2.24) is 19.7 Å². The van der Waals surface area contributed by atoms with Crippen molar-refractivity contribution in [2.75, 3.05) is 13.1 Å². The number of aromatic nitrogens is 3. The molecule has 5 nitrogen and oxygen atoms in total. The molecule has 1 aromatic rings. The quantitative estimate of drug-likeness (QED) is 0.899. The van der Waals surface area contributed by atoms with Crippen molar-refractivity contribution in [3.05, 3.63) is 11.6 Å². The predicted molar refractivity (Wildman–Crippen MR) is 63.2 cm³/mol. The molecule has 19 heavy (non-hydrogen) atoms. The number of halogens is 3. The van der Waals surface area contributed by atoms with Crippen LogP contribution in [0.1, 0.15) is 31.4 Å². The Bertz CT molecular complexity index is 428. The van der Waals surface area contributed by atoms with Crippen molar-refractivity contribution in [2.45, 2.75) is 45.1 Å². The third-order valence-electron chi connectivity index (χ3n) is 3.43. The standard InChI is InChI=1S/C11H18F3N5/c1-2-8(15)3-4-18-5-6-19-9(7-18)16-17-10(19)11(12,13)14/h8H,2-7,15H2,1H3. The van der Waals surface area contributed by atoms with Gasteiger partial charge < -0.3 is 10.3 Å². The first kappa shape index (κ1) is 14.3. The van der Waals surface area contributed by atoms with E-state index < -0.39 is 12.0 Å². The Hall–Kier alpha value is -1.15. The second-order valence-electron chi connectivity index (χ2n) is 4.82. The van der Waals surface area contributed by atoms with Crippen molar-refractivity contribution in [2.24, 2.45) is 5.73 Å². The Morgan fingerprint density at radius 3 is 2.68 bits per heavy atom. The van der Waals surface area contributed by atoms with Crippen molar-refractivity contribution in [3.63, 3.8) is 0 Å². The van der Waals surface area contributed by atoms with Crippen LogP contribution in [0, 0.1) is 0 Å². The summed E-state index contributed by atoms with van der Waals surface area (Å²) in [5.74, 6) is -0.518. The zero-order chi connectivity index (χ0) is 14.0. The summed E-state index contributed by atoms with van der Waals surface area (Å²) in [7, 11) is 0. The minimum Gasteiger partial charge on any atom is -0.328 e. The summed E-state index contributed by atoms with van der Waals surface area (Å²) >= 11 is 0. The van der Waals surface area contributed by atoms with Crippen molar-refractivity contribution in [3.8, 4) is 0 Å². The summed E-state index contributed by atoms with van der Waals surface area (Å²) < 4.78 is 39.1. The van der Waals surface area contributed by atoms with Gasteiger partial charge in [-0.1, -0.05) is 6.92 Å². The van der Waals surface area contributed by atoms with E-state index in [2.05, 4.69) is 15.1 Å². The van der Waals surface area contributed by atoms with Crippen LogP contribution >= 0.6 is 0 Å². The van der Waals surface area contributed by atoms with E-state index in [0.29, 0.717) is 18.9 Å². The molecule has 2 rings (SSSR count). The van der Waals surface area contributed by atoms with Crippen LogP contribution in [-0.2, 0) is 19.3 Å². The molecule has 1 aliphatic rings. The first-order chi connectivity index (χ1) is 8.91. The maximum absolute atomic E-state index is 12.7. The van der Waals surface area contributed by atoms with E-state index in [0.717, 1.165) is 24.0 Å². The average molecular weight is 277 g/mol. The van der Waals surface area contributed by atoms with Gasteiger partial charge in [0.2, 0.25) is 5.82 Å². The summed E-state index contributed by atoms with van der Waals surface area (Å²) in [4.78, 5) is 2.07. The highest BCUT2D eigenvalue weighted by atomic mass is 19.4. The van der Waals surface area contributed by atoms with Gasteiger partial charge in [0.15, 0.2) is 0 Å². The van der Waals surface area contributed by atoms with Gasteiger partial charge in [-0.05, 0) is 12.8 Å². The second kappa shape index (κ2) is 5.46. The molecule has 1 aliphatic heterocycles. The lowest BCUT2D eigenvalue weighted by Gasteiger charge is -2.28. The molecule has 0 radical (unpaired) electrons. The zero-order valence-electron chi connectivity index (χ0n) is 10.8. The maximum Gasteiger partial charge on any atom is 0.451 e. The second-order valence-corrected chi connectivity index (χ2v) is 4.82. The van der Waals surface area contributed by atoms with E-state index in [1.54, 1.807) is 0 Å². The lowest BCUT2D eigenvalue weighted by Crippen LogP contribution is -2.37. The Labute approximate surface area is 109 Å². The van der Waals surface area contributed by atoms with Crippen molar-refractivity contribution < 1.29 is 13.2 Å². The molecule has 0 aliphatic carbocycles. The molecule has 2 heterocycles. The Morgan fingerprint density at radius 1 is 1.32 bits per heavy atom. The largest absolute Gasteiger partial charge is 0.451 e. The van der Waals surface area contributed by atoms with Crippen LogP contribution in [-0.4, -0.2) is 38.8 Å². The summed E-state index contributed by atoms with van der Waals surface area (Å²) in [5.41, 5.74) is 5.84. The van der Waals surface area contributed by atoms with E-state index in [1.165, 1.54) is 0 Å². The minimum atomic E-state index is -4.43. The Morgan fingerprint density at radius 2 is 2.05 bits per heavy atom. The van der Waals surface area contributed by atoms with Gasteiger partial charge in [0.05, 0.1) is 6.54 Å². The first-order valence-electron chi connectivity index (χ1n) is 6.39. The van der Waals surface area contributed by atoms with Crippen molar-refractivity contribution >= 4 is 0 Å². The van der Waals surface area contributed by atoms with E-state index in [4.69, 9.17) is 5.73 Å². The molecular formula is C11H18F3N5. The summed E-state index contributed by atoms with van der Waals surface area (Å²) in [6.07, 6.45) is -2.68. The van der Waals surface area contributed by atoms with E-state index >= 15 is 0 Å². The van der Waals surface area contributed by atoms with Crippen LogP contribution in [0.4, 0.5) is 13.2 Å². The van der Waals surface area contributed by atoms with Gasteiger partial charge in [-0.3, -0.25) is 4.90 Å². The fourth-order valence-corrected chi connectivity index (χ4v) is 2.16. The van der Waals surface area contributed by atoms with Gasteiger partial charge in [0, 0.05) is 25.7 Å². The van der Waals surface area contributed by atoms with Crippen LogP contribution < -0.4 is 5.73 Å². The number of hydrogen-bond donors (Lipinski definition) is 1. The van der Waals surface area contributed by atoms with Crippen LogP contribution in [0.2, 0.25) is 0 Å². The van der Waals surface area contributed by atoms with E-state index in [9.17, 15) is 13.2 Å². The monoisotopic (exact) mass is 277 g/mol. The van der Waals surface area contributed by atoms with E-state index in [-0.39, 0.29) is 12.6 Å². The van der Waals surface area contributed by atoms with Gasteiger partial charge in [-0.15, -0.1) is 10.2 Å². The molecule has 1 atom stereocenters. The normalized spacial score (nSPS) is 18.4. The smallest absolute Gasteiger partial charge is 0.328 e. The number of alkyl halides is 3. The van der Waals surface area contributed by atoms with Gasteiger partial charge >= 0.3 is 6.18 Å². The third-order valence-corrected chi connectivity index (χ3v) is 3.43. The highest BCUT2D eigenvalue weighted by Gasteiger charge is 2.39. The topological polar surface area (TPSA) is 60.0 Å². The fraction of sp³-hybridized carbons (Fsp3) is 0.818. The van der Waals surface area contributed by atoms with Crippen LogP contribution in [0.3, 0.4) is 0 Å². The van der Waals surface area contributed by atoms with Crippen LogP contribution in [0.25, 0.3) is 0 Å².